The highest BCUT2D eigenvalue weighted by atomic mass is 32.1. The normalized spacial score (nSPS) is 10.4. The molecule has 0 aliphatic carbocycles. The Balaban J connectivity index is 2.64. The zero-order valence-corrected chi connectivity index (χ0v) is 10.7. The van der Waals surface area contributed by atoms with Gasteiger partial charge in [0.1, 0.15) is 4.88 Å². The first-order valence-electron chi connectivity index (χ1n) is 5.28. The van der Waals surface area contributed by atoms with Crippen LogP contribution < -0.4 is 5.73 Å². The summed E-state index contributed by atoms with van der Waals surface area (Å²) >= 11 is 0.932. The van der Waals surface area contributed by atoms with Crippen molar-refractivity contribution in [2.75, 3.05) is 5.73 Å². The largest absolute Gasteiger partial charge is 0.477 e. The summed E-state index contributed by atoms with van der Waals surface area (Å²) in [4.78, 5) is 21.9. The monoisotopic (exact) mass is 278 g/mol. The van der Waals surface area contributed by atoms with E-state index in [1.165, 1.54) is 12.1 Å². The number of nitrogen functional groups attached to an aromatic ring is 1. The fraction of sp³-hybridized carbons (Fsp3) is 0.0833. The van der Waals surface area contributed by atoms with Gasteiger partial charge in [-0.05, 0) is 24.6 Å². The third-order valence-electron chi connectivity index (χ3n) is 2.57. The van der Waals surface area contributed by atoms with Gasteiger partial charge in [-0.2, -0.15) is 0 Å². The van der Waals surface area contributed by atoms with Crippen molar-refractivity contribution >= 4 is 28.7 Å². The van der Waals surface area contributed by atoms with Gasteiger partial charge in [-0.15, -0.1) is 11.3 Å². The van der Waals surface area contributed by atoms with Gasteiger partial charge in [0, 0.05) is 10.9 Å². The number of thiophene rings is 1. The molecule has 0 aliphatic rings. The summed E-state index contributed by atoms with van der Waals surface area (Å²) in [5, 5.41) is 20.0. The molecule has 19 heavy (non-hydrogen) atoms. The van der Waals surface area contributed by atoms with Crippen molar-refractivity contribution in [3.05, 3.63) is 44.8 Å². The summed E-state index contributed by atoms with van der Waals surface area (Å²) in [6.07, 6.45) is 0. The minimum absolute atomic E-state index is 0.00851. The van der Waals surface area contributed by atoms with Gasteiger partial charge < -0.3 is 10.8 Å². The highest BCUT2D eigenvalue weighted by Gasteiger charge is 2.20. The van der Waals surface area contributed by atoms with Crippen LogP contribution >= 0.6 is 11.3 Å². The molecule has 0 saturated heterocycles. The maximum Gasteiger partial charge on any atom is 0.348 e. The highest BCUT2D eigenvalue weighted by Crippen LogP contribution is 2.38. The van der Waals surface area contributed by atoms with Gasteiger partial charge in [0.25, 0.3) is 5.69 Å². The Bertz CT molecular complexity index is 678. The van der Waals surface area contributed by atoms with E-state index < -0.39 is 10.9 Å². The van der Waals surface area contributed by atoms with E-state index in [4.69, 9.17) is 10.8 Å². The molecule has 7 heteroatoms. The summed E-state index contributed by atoms with van der Waals surface area (Å²) in [5.41, 5.74) is 6.89. The number of nitrogens with two attached hydrogens (primary N) is 1. The summed E-state index contributed by atoms with van der Waals surface area (Å²) in [6, 6.07) is 6.14. The van der Waals surface area contributed by atoms with E-state index in [2.05, 4.69) is 0 Å². The number of aryl methyl sites for hydroxylation is 1. The Hall–Kier alpha value is -2.41. The van der Waals surface area contributed by atoms with E-state index in [1.54, 1.807) is 12.1 Å². The highest BCUT2D eigenvalue weighted by molar-refractivity contribution is 7.18. The van der Waals surface area contributed by atoms with Crippen molar-refractivity contribution < 1.29 is 14.8 Å². The molecule has 98 valence electrons. The number of benzene rings is 1. The van der Waals surface area contributed by atoms with E-state index in [0.29, 0.717) is 10.4 Å². The van der Waals surface area contributed by atoms with Crippen LogP contribution in [0.4, 0.5) is 11.4 Å². The molecule has 1 aromatic carbocycles. The lowest BCUT2D eigenvalue weighted by molar-refractivity contribution is -0.384. The number of nitro groups is 1. The number of carboxylic acid groups (broad SMARTS) is 1. The fourth-order valence-corrected chi connectivity index (χ4v) is 2.65. The van der Waals surface area contributed by atoms with Crippen LogP contribution in [0.5, 0.6) is 0 Å². The average Bonchev–Trinajstić information content (AvgIpc) is 2.70. The lowest BCUT2D eigenvalue weighted by Crippen LogP contribution is -1.96. The van der Waals surface area contributed by atoms with Gasteiger partial charge in [-0.3, -0.25) is 10.1 Å². The number of carbonyl (C=O) groups is 1. The van der Waals surface area contributed by atoms with Crippen molar-refractivity contribution in [1.29, 1.82) is 0 Å². The molecule has 0 atom stereocenters. The van der Waals surface area contributed by atoms with Crippen LogP contribution in [0.25, 0.3) is 10.4 Å². The molecule has 3 N–H and O–H groups in total. The number of hydrogen-bond donors (Lipinski definition) is 2. The quantitative estimate of drug-likeness (QED) is 0.663. The SMILES string of the molecule is Cc1ccc([N+](=O)[O-])c(-c2cc(N)c(C(=O)O)s2)c1. The average molecular weight is 278 g/mol. The van der Waals surface area contributed by atoms with E-state index in [9.17, 15) is 14.9 Å². The number of hydrogen-bond acceptors (Lipinski definition) is 5. The topological polar surface area (TPSA) is 106 Å². The fourth-order valence-electron chi connectivity index (χ4n) is 1.71. The molecule has 0 amide bonds. The molecule has 1 heterocycles. The molecule has 6 nitrogen and oxygen atoms in total. The maximum atomic E-state index is 11.0. The lowest BCUT2D eigenvalue weighted by Gasteiger charge is -2.01. The Labute approximate surface area is 112 Å². The van der Waals surface area contributed by atoms with Crippen LogP contribution in [0.2, 0.25) is 0 Å². The molecule has 0 unspecified atom stereocenters. The molecule has 1 aromatic heterocycles. The van der Waals surface area contributed by atoms with Gasteiger partial charge in [0.15, 0.2) is 0 Å². The number of rotatable bonds is 3. The van der Waals surface area contributed by atoms with E-state index in [1.807, 2.05) is 6.92 Å². The zero-order chi connectivity index (χ0) is 14.2. The molecule has 0 fully saturated rings. The van der Waals surface area contributed by atoms with Crippen molar-refractivity contribution in [2.45, 2.75) is 6.92 Å². The minimum Gasteiger partial charge on any atom is -0.477 e. The van der Waals surface area contributed by atoms with Crippen molar-refractivity contribution in [1.82, 2.24) is 0 Å². The van der Waals surface area contributed by atoms with Crippen LogP contribution in [0.3, 0.4) is 0 Å². The lowest BCUT2D eigenvalue weighted by atomic mass is 10.1. The second-order valence-corrected chi connectivity index (χ2v) is 5.03. The number of anilines is 1. The van der Waals surface area contributed by atoms with Crippen LogP contribution in [-0.4, -0.2) is 16.0 Å². The number of nitrogens with zero attached hydrogens (tertiary/aromatic N) is 1. The summed E-state index contributed by atoms with van der Waals surface area (Å²) in [5.74, 6) is -1.14. The third kappa shape index (κ3) is 2.41. The molecule has 0 spiro atoms. The van der Waals surface area contributed by atoms with E-state index in [0.717, 1.165) is 16.9 Å². The Kier molecular flexibility index (Phi) is 3.22. The predicted molar refractivity (Wildman–Crippen MR) is 72.5 cm³/mol. The number of carboxylic acids is 1. The first-order chi connectivity index (χ1) is 8.90. The standard InChI is InChI=1S/C12H10N2O4S/c1-6-2-3-9(14(17)18)7(4-6)10-5-8(13)11(19-10)12(15)16/h2-5H,13H2,1H3,(H,15,16). The van der Waals surface area contributed by atoms with Crippen molar-refractivity contribution in [3.63, 3.8) is 0 Å². The summed E-state index contributed by atoms with van der Waals surface area (Å²) in [7, 11) is 0. The number of aromatic carboxylic acids is 1. The number of nitro benzene ring substituents is 1. The summed E-state index contributed by atoms with van der Waals surface area (Å²) in [6.45, 7) is 1.81. The zero-order valence-electron chi connectivity index (χ0n) is 9.91. The third-order valence-corrected chi connectivity index (χ3v) is 3.74. The summed E-state index contributed by atoms with van der Waals surface area (Å²) < 4.78 is 0. The molecular formula is C12H10N2O4S. The van der Waals surface area contributed by atoms with Gasteiger partial charge in [0.05, 0.1) is 16.2 Å². The van der Waals surface area contributed by atoms with Crippen LogP contribution in [-0.2, 0) is 0 Å². The molecular weight excluding hydrogens is 268 g/mol. The first kappa shape index (κ1) is 13.0. The molecule has 0 saturated carbocycles. The van der Waals surface area contributed by atoms with E-state index in [-0.39, 0.29) is 16.3 Å². The Morgan fingerprint density at radius 1 is 1.42 bits per heavy atom. The molecule has 2 aromatic rings. The first-order valence-corrected chi connectivity index (χ1v) is 6.10. The molecule has 2 rings (SSSR count). The Morgan fingerprint density at radius 2 is 2.11 bits per heavy atom. The predicted octanol–water partition coefficient (Wildman–Crippen LogP) is 2.91. The van der Waals surface area contributed by atoms with Gasteiger partial charge in [-0.25, -0.2) is 4.79 Å². The van der Waals surface area contributed by atoms with Crippen molar-refractivity contribution in [2.24, 2.45) is 0 Å². The maximum absolute atomic E-state index is 11.0. The van der Waals surface area contributed by atoms with Crippen LogP contribution in [0.1, 0.15) is 15.2 Å². The molecule has 0 aliphatic heterocycles. The second kappa shape index (κ2) is 4.69. The van der Waals surface area contributed by atoms with E-state index >= 15 is 0 Å². The van der Waals surface area contributed by atoms with Crippen LogP contribution in [0, 0.1) is 17.0 Å². The van der Waals surface area contributed by atoms with Crippen LogP contribution in [0.15, 0.2) is 24.3 Å². The van der Waals surface area contributed by atoms with Gasteiger partial charge >= 0.3 is 5.97 Å². The smallest absolute Gasteiger partial charge is 0.348 e. The Morgan fingerprint density at radius 3 is 2.63 bits per heavy atom. The molecule has 0 bridgehead atoms. The molecule has 0 radical (unpaired) electrons. The van der Waals surface area contributed by atoms with Crippen molar-refractivity contribution in [3.8, 4) is 10.4 Å². The van der Waals surface area contributed by atoms with Gasteiger partial charge in [-0.1, -0.05) is 6.07 Å². The second-order valence-electron chi connectivity index (χ2n) is 3.98. The minimum atomic E-state index is -1.14. The van der Waals surface area contributed by atoms with Gasteiger partial charge in [0.2, 0.25) is 0 Å².